The van der Waals surface area contributed by atoms with Gasteiger partial charge in [-0.2, -0.15) is 0 Å². The normalized spacial score (nSPS) is 18.1. The fourth-order valence-electron chi connectivity index (χ4n) is 2.25. The van der Waals surface area contributed by atoms with Gasteiger partial charge in [-0.1, -0.05) is 13.0 Å². The van der Waals surface area contributed by atoms with Gasteiger partial charge in [0.25, 0.3) is 0 Å². The number of aromatic nitrogens is 1. The van der Waals surface area contributed by atoms with E-state index >= 15 is 0 Å². The highest BCUT2D eigenvalue weighted by molar-refractivity contribution is 5.40. The van der Waals surface area contributed by atoms with Crippen molar-refractivity contribution in [1.82, 2.24) is 10.3 Å². The van der Waals surface area contributed by atoms with E-state index in [-0.39, 0.29) is 5.54 Å². The maximum absolute atomic E-state index is 5.40. The molecule has 2 rings (SSSR count). The number of nitrogens with one attached hydrogen (secondary N) is 1. The van der Waals surface area contributed by atoms with E-state index in [4.69, 9.17) is 9.72 Å². The van der Waals surface area contributed by atoms with Gasteiger partial charge >= 0.3 is 0 Å². The lowest BCUT2D eigenvalue weighted by Crippen LogP contribution is -2.38. The summed E-state index contributed by atoms with van der Waals surface area (Å²) in [6.45, 7) is 13.2. The molecule has 2 heterocycles. The van der Waals surface area contributed by atoms with Gasteiger partial charge in [-0.05, 0) is 32.9 Å². The number of pyridine rings is 1. The summed E-state index contributed by atoms with van der Waals surface area (Å²) in [5.74, 6) is 1.49. The molecule has 0 unspecified atom stereocenters. The zero-order chi connectivity index (χ0) is 14.6. The van der Waals surface area contributed by atoms with Crippen molar-refractivity contribution in [3.8, 4) is 0 Å². The van der Waals surface area contributed by atoms with Crippen LogP contribution in [-0.2, 0) is 4.74 Å². The van der Waals surface area contributed by atoms with Crippen molar-refractivity contribution >= 4 is 5.82 Å². The SMILES string of the molecule is C[C@H](CNC(C)(C)C)c1cccc(N2CCOCC2)n1. The average molecular weight is 277 g/mol. The van der Waals surface area contributed by atoms with E-state index in [2.05, 4.69) is 56.1 Å². The molecule has 1 aliphatic heterocycles. The summed E-state index contributed by atoms with van der Waals surface area (Å²) in [7, 11) is 0. The van der Waals surface area contributed by atoms with Crippen LogP contribution < -0.4 is 10.2 Å². The van der Waals surface area contributed by atoms with Gasteiger partial charge < -0.3 is 15.0 Å². The summed E-state index contributed by atoms with van der Waals surface area (Å²) in [5.41, 5.74) is 1.31. The molecule has 1 aromatic rings. The Morgan fingerprint density at radius 2 is 2.00 bits per heavy atom. The van der Waals surface area contributed by atoms with Gasteiger partial charge in [-0.15, -0.1) is 0 Å². The zero-order valence-electron chi connectivity index (χ0n) is 13.1. The number of rotatable bonds is 4. The third-order valence-corrected chi connectivity index (χ3v) is 3.53. The predicted molar refractivity (Wildman–Crippen MR) is 83.4 cm³/mol. The van der Waals surface area contributed by atoms with Crippen molar-refractivity contribution in [2.24, 2.45) is 0 Å². The van der Waals surface area contributed by atoms with E-state index in [1.54, 1.807) is 0 Å². The number of hydrogen-bond acceptors (Lipinski definition) is 4. The van der Waals surface area contributed by atoms with Gasteiger partial charge in [-0.3, -0.25) is 0 Å². The first-order valence-corrected chi connectivity index (χ1v) is 7.50. The lowest BCUT2D eigenvalue weighted by atomic mass is 10.0. The summed E-state index contributed by atoms with van der Waals surface area (Å²) < 4.78 is 5.40. The molecule has 4 nitrogen and oxygen atoms in total. The molecule has 1 N–H and O–H groups in total. The third kappa shape index (κ3) is 4.46. The molecule has 0 radical (unpaired) electrons. The van der Waals surface area contributed by atoms with Crippen LogP contribution in [0.2, 0.25) is 0 Å². The average Bonchev–Trinajstić information content (AvgIpc) is 2.45. The highest BCUT2D eigenvalue weighted by atomic mass is 16.5. The Morgan fingerprint density at radius 3 is 2.65 bits per heavy atom. The van der Waals surface area contributed by atoms with Crippen LogP contribution in [0.1, 0.15) is 39.3 Å². The van der Waals surface area contributed by atoms with Crippen LogP contribution in [0.3, 0.4) is 0 Å². The molecule has 0 saturated carbocycles. The van der Waals surface area contributed by atoms with Gasteiger partial charge in [-0.25, -0.2) is 4.98 Å². The summed E-state index contributed by atoms with van der Waals surface area (Å²) in [5, 5.41) is 3.55. The summed E-state index contributed by atoms with van der Waals surface area (Å²) in [6, 6.07) is 6.33. The number of morpholine rings is 1. The first kappa shape index (κ1) is 15.3. The Kier molecular flexibility index (Phi) is 5.00. The van der Waals surface area contributed by atoms with Crippen LogP contribution in [-0.4, -0.2) is 43.4 Å². The second kappa shape index (κ2) is 6.55. The van der Waals surface area contributed by atoms with E-state index in [1.807, 2.05) is 0 Å². The molecule has 0 aromatic carbocycles. The van der Waals surface area contributed by atoms with E-state index in [9.17, 15) is 0 Å². The lowest BCUT2D eigenvalue weighted by Gasteiger charge is -2.28. The minimum absolute atomic E-state index is 0.149. The minimum atomic E-state index is 0.149. The molecule has 1 aliphatic rings. The number of anilines is 1. The molecule has 0 aliphatic carbocycles. The Balaban J connectivity index is 2.01. The standard InChI is InChI=1S/C16H27N3O/c1-13(12-17-16(2,3)4)14-6-5-7-15(18-14)19-8-10-20-11-9-19/h5-7,13,17H,8-12H2,1-4H3/t13-/m1/s1. The minimum Gasteiger partial charge on any atom is -0.378 e. The summed E-state index contributed by atoms with van der Waals surface area (Å²) >= 11 is 0. The smallest absolute Gasteiger partial charge is 0.128 e. The van der Waals surface area contributed by atoms with Crippen molar-refractivity contribution in [1.29, 1.82) is 0 Å². The quantitative estimate of drug-likeness (QED) is 0.917. The van der Waals surface area contributed by atoms with Crippen molar-refractivity contribution in [2.75, 3.05) is 37.7 Å². The van der Waals surface area contributed by atoms with Crippen molar-refractivity contribution in [3.05, 3.63) is 23.9 Å². The van der Waals surface area contributed by atoms with E-state index in [1.165, 1.54) is 0 Å². The molecule has 1 saturated heterocycles. The molecule has 20 heavy (non-hydrogen) atoms. The molecule has 112 valence electrons. The second-order valence-corrected chi connectivity index (χ2v) is 6.55. The lowest BCUT2D eigenvalue weighted by molar-refractivity contribution is 0.122. The van der Waals surface area contributed by atoms with Crippen molar-refractivity contribution in [3.63, 3.8) is 0 Å². The molecule has 1 fully saturated rings. The molecule has 0 bridgehead atoms. The fraction of sp³-hybridized carbons (Fsp3) is 0.688. The Labute approximate surface area is 122 Å². The van der Waals surface area contributed by atoms with Crippen molar-refractivity contribution in [2.45, 2.75) is 39.2 Å². The molecule has 0 amide bonds. The van der Waals surface area contributed by atoms with E-state index in [0.717, 1.165) is 44.4 Å². The Bertz CT molecular complexity index is 422. The van der Waals surface area contributed by atoms with Crippen LogP contribution in [0.15, 0.2) is 18.2 Å². The van der Waals surface area contributed by atoms with Crippen LogP contribution in [0.4, 0.5) is 5.82 Å². The molecule has 1 atom stereocenters. The molecule has 1 aromatic heterocycles. The molecular weight excluding hydrogens is 250 g/mol. The Morgan fingerprint density at radius 1 is 1.30 bits per heavy atom. The number of hydrogen-bond donors (Lipinski definition) is 1. The maximum atomic E-state index is 5.40. The highest BCUT2D eigenvalue weighted by Crippen LogP contribution is 2.18. The summed E-state index contributed by atoms with van der Waals surface area (Å²) in [4.78, 5) is 7.13. The van der Waals surface area contributed by atoms with Crippen LogP contribution in [0.25, 0.3) is 0 Å². The second-order valence-electron chi connectivity index (χ2n) is 6.55. The fourth-order valence-corrected chi connectivity index (χ4v) is 2.25. The van der Waals surface area contributed by atoms with E-state index < -0.39 is 0 Å². The van der Waals surface area contributed by atoms with Gasteiger partial charge in [0.1, 0.15) is 5.82 Å². The van der Waals surface area contributed by atoms with Gasteiger partial charge in [0.2, 0.25) is 0 Å². The Hall–Kier alpha value is -1.13. The van der Waals surface area contributed by atoms with Crippen molar-refractivity contribution < 1.29 is 4.74 Å². The first-order chi connectivity index (χ1) is 9.46. The monoisotopic (exact) mass is 277 g/mol. The van der Waals surface area contributed by atoms with Crippen LogP contribution in [0.5, 0.6) is 0 Å². The number of ether oxygens (including phenoxy) is 1. The third-order valence-electron chi connectivity index (χ3n) is 3.53. The first-order valence-electron chi connectivity index (χ1n) is 7.50. The van der Waals surface area contributed by atoms with Gasteiger partial charge in [0.15, 0.2) is 0 Å². The van der Waals surface area contributed by atoms with Gasteiger partial charge in [0.05, 0.1) is 13.2 Å². The van der Waals surface area contributed by atoms with Crippen LogP contribution >= 0.6 is 0 Å². The van der Waals surface area contributed by atoms with Gasteiger partial charge in [0, 0.05) is 36.8 Å². The highest BCUT2D eigenvalue weighted by Gasteiger charge is 2.16. The molecule has 4 heteroatoms. The van der Waals surface area contributed by atoms with E-state index in [0.29, 0.717) is 5.92 Å². The largest absolute Gasteiger partial charge is 0.378 e. The number of nitrogens with zero attached hydrogens (tertiary/aromatic N) is 2. The predicted octanol–water partition coefficient (Wildman–Crippen LogP) is 2.41. The maximum Gasteiger partial charge on any atom is 0.128 e. The molecular formula is C16H27N3O. The van der Waals surface area contributed by atoms with Crippen LogP contribution in [0, 0.1) is 0 Å². The molecule has 0 spiro atoms. The zero-order valence-corrected chi connectivity index (χ0v) is 13.1. The topological polar surface area (TPSA) is 37.4 Å². The summed E-state index contributed by atoms with van der Waals surface area (Å²) in [6.07, 6.45) is 0.